The normalized spacial score (nSPS) is 38.5. The molecule has 1 unspecified atom stereocenters. The number of ether oxygens (including phenoxy) is 2. The number of rotatable bonds is 5. The summed E-state index contributed by atoms with van der Waals surface area (Å²) in [5.74, 6) is -0.566. The summed E-state index contributed by atoms with van der Waals surface area (Å²) in [5, 5.41) is 28.5. The molecule has 0 saturated carbocycles. The fourth-order valence-corrected chi connectivity index (χ4v) is 1.73. The van der Waals surface area contributed by atoms with Crippen LogP contribution in [0.5, 0.6) is 0 Å². The van der Waals surface area contributed by atoms with Gasteiger partial charge in [-0.3, -0.25) is 9.59 Å². The van der Waals surface area contributed by atoms with Crippen molar-refractivity contribution in [2.24, 2.45) is 5.73 Å². The van der Waals surface area contributed by atoms with Crippen molar-refractivity contribution in [3.05, 3.63) is 0 Å². The van der Waals surface area contributed by atoms with Gasteiger partial charge in [0.25, 0.3) is 0 Å². The van der Waals surface area contributed by atoms with Gasteiger partial charge in [-0.15, -0.1) is 0 Å². The standard InChI is InChI=1S/C11H19NO7/c1-5(15)11(2,4-14)19-9-7(12)10(17)18-6(3-13)8(9)16/h4,6-10,13,16-17H,3,12H2,1-2H3/t6-,7-,8-,9-,10+,11?/m1/s1. The summed E-state index contributed by atoms with van der Waals surface area (Å²) in [6, 6.07) is -1.16. The Morgan fingerprint density at radius 2 is 2.11 bits per heavy atom. The molecule has 1 aliphatic heterocycles. The lowest BCUT2D eigenvalue weighted by atomic mass is 9.95. The molecule has 0 spiro atoms. The second-order valence-corrected chi connectivity index (χ2v) is 4.68. The molecule has 1 rings (SSSR count). The number of aldehydes is 1. The zero-order chi connectivity index (χ0) is 14.8. The van der Waals surface area contributed by atoms with Crippen LogP contribution in [0.4, 0.5) is 0 Å². The monoisotopic (exact) mass is 277 g/mol. The van der Waals surface area contributed by atoms with Crippen molar-refractivity contribution in [1.82, 2.24) is 0 Å². The van der Waals surface area contributed by atoms with Crippen molar-refractivity contribution in [2.45, 2.75) is 50.1 Å². The molecule has 19 heavy (non-hydrogen) atoms. The van der Waals surface area contributed by atoms with Gasteiger partial charge in [0.2, 0.25) is 0 Å². The number of carbonyl (C=O) groups excluding carboxylic acids is 2. The predicted molar refractivity (Wildman–Crippen MR) is 62.0 cm³/mol. The Bertz CT molecular complexity index is 350. The number of hydrogen-bond donors (Lipinski definition) is 4. The highest BCUT2D eigenvalue weighted by molar-refractivity contribution is 5.99. The van der Waals surface area contributed by atoms with Crippen LogP contribution < -0.4 is 5.73 Å². The Labute approximate surface area is 110 Å². The molecule has 1 saturated heterocycles. The smallest absolute Gasteiger partial charge is 0.178 e. The molecule has 0 aliphatic carbocycles. The lowest BCUT2D eigenvalue weighted by Gasteiger charge is -2.42. The first kappa shape index (κ1) is 16.2. The minimum absolute atomic E-state index is 0.296. The van der Waals surface area contributed by atoms with E-state index in [2.05, 4.69) is 0 Å². The third kappa shape index (κ3) is 3.16. The average Bonchev–Trinajstić information content (AvgIpc) is 2.38. The van der Waals surface area contributed by atoms with Gasteiger partial charge in [0.15, 0.2) is 24.0 Å². The summed E-state index contributed by atoms with van der Waals surface area (Å²) < 4.78 is 10.1. The van der Waals surface area contributed by atoms with E-state index in [-0.39, 0.29) is 0 Å². The average molecular weight is 277 g/mol. The van der Waals surface area contributed by atoms with Crippen molar-refractivity contribution >= 4 is 12.1 Å². The number of aliphatic hydroxyl groups is 3. The summed E-state index contributed by atoms with van der Waals surface area (Å²) in [6.07, 6.45) is -4.89. The van der Waals surface area contributed by atoms with Gasteiger partial charge in [0, 0.05) is 0 Å². The van der Waals surface area contributed by atoms with Crippen LogP contribution in [-0.2, 0) is 19.1 Å². The van der Waals surface area contributed by atoms with E-state index in [0.29, 0.717) is 6.29 Å². The van der Waals surface area contributed by atoms with Gasteiger partial charge in [-0.1, -0.05) is 0 Å². The number of aliphatic hydroxyl groups excluding tert-OH is 3. The van der Waals surface area contributed by atoms with Crippen LogP contribution in [0.2, 0.25) is 0 Å². The molecule has 1 aliphatic rings. The van der Waals surface area contributed by atoms with Crippen molar-refractivity contribution in [3.8, 4) is 0 Å². The van der Waals surface area contributed by atoms with Crippen molar-refractivity contribution in [2.75, 3.05) is 6.61 Å². The Hall–Kier alpha value is -0.900. The molecule has 5 N–H and O–H groups in total. The van der Waals surface area contributed by atoms with Crippen molar-refractivity contribution in [1.29, 1.82) is 0 Å². The summed E-state index contributed by atoms with van der Waals surface area (Å²) >= 11 is 0. The third-order valence-electron chi connectivity index (χ3n) is 3.23. The first-order valence-electron chi connectivity index (χ1n) is 5.80. The van der Waals surface area contributed by atoms with Crippen LogP contribution in [0.3, 0.4) is 0 Å². The van der Waals surface area contributed by atoms with Gasteiger partial charge in [0.1, 0.15) is 18.3 Å². The van der Waals surface area contributed by atoms with E-state index < -0.39 is 48.6 Å². The molecular formula is C11H19NO7. The van der Waals surface area contributed by atoms with Gasteiger partial charge in [0.05, 0.1) is 12.6 Å². The van der Waals surface area contributed by atoms with E-state index in [9.17, 15) is 19.8 Å². The fourth-order valence-electron chi connectivity index (χ4n) is 1.73. The summed E-state index contributed by atoms with van der Waals surface area (Å²) in [4.78, 5) is 22.4. The molecule has 0 bridgehead atoms. The molecule has 8 heteroatoms. The van der Waals surface area contributed by atoms with Crippen LogP contribution in [0.25, 0.3) is 0 Å². The second-order valence-electron chi connectivity index (χ2n) is 4.68. The highest BCUT2D eigenvalue weighted by atomic mass is 16.6. The van der Waals surface area contributed by atoms with E-state index in [4.69, 9.17) is 20.3 Å². The minimum atomic E-state index is -1.78. The first-order chi connectivity index (χ1) is 8.76. The van der Waals surface area contributed by atoms with Crippen LogP contribution in [0, 0.1) is 0 Å². The van der Waals surface area contributed by atoms with Crippen molar-refractivity contribution in [3.63, 3.8) is 0 Å². The van der Waals surface area contributed by atoms with Crippen LogP contribution in [-0.4, -0.2) is 70.2 Å². The second kappa shape index (κ2) is 6.04. The molecule has 0 aromatic heterocycles. The number of Topliss-reactive ketones (excluding diaryl/α,β-unsaturated/α-hetero) is 1. The lowest BCUT2D eigenvalue weighted by Crippen LogP contribution is -2.65. The Balaban J connectivity index is 2.95. The molecule has 6 atom stereocenters. The van der Waals surface area contributed by atoms with E-state index in [0.717, 1.165) is 6.92 Å². The topological polar surface area (TPSA) is 139 Å². The van der Waals surface area contributed by atoms with E-state index in [1.807, 2.05) is 0 Å². The molecule has 1 fully saturated rings. The highest BCUT2D eigenvalue weighted by Gasteiger charge is 2.47. The first-order valence-corrected chi connectivity index (χ1v) is 5.80. The molecule has 0 radical (unpaired) electrons. The number of ketones is 1. The summed E-state index contributed by atoms with van der Waals surface area (Å²) in [6.45, 7) is 1.83. The molecule has 1 heterocycles. The molecule has 0 aromatic rings. The predicted octanol–water partition coefficient (Wildman–Crippen LogP) is -2.68. The van der Waals surface area contributed by atoms with E-state index in [1.165, 1.54) is 6.92 Å². The Morgan fingerprint density at radius 3 is 2.53 bits per heavy atom. The van der Waals surface area contributed by atoms with Crippen LogP contribution in [0.1, 0.15) is 13.8 Å². The van der Waals surface area contributed by atoms with Gasteiger partial charge in [-0.2, -0.15) is 0 Å². The fraction of sp³-hybridized carbons (Fsp3) is 0.818. The molecular weight excluding hydrogens is 258 g/mol. The maximum Gasteiger partial charge on any atom is 0.178 e. The minimum Gasteiger partial charge on any atom is -0.394 e. The van der Waals surface area contributed by atoms with E-state index in [1.54, 1.807) is 0 Å². The van der Waals surface area contributed by atoms with Gasteiger partial charge < -0.3 is 30.5 Å². The van der Waals surface area contributed by atoms with Crippen molar-refractivity contribution < 1.29 is 34.4 Å². The van der Waals surface area contributed by atoms with Gasteiger partial charge >= 0.3 is 0 Å². The maximum atomic E-state index is 11.4. The zero-order valence-corrected chi connectivity index (χ0v) is 10.7. The quantitative estimate of drug-likeness (QED) is 0.315. The molecule has 0 aromatic carbocycles. The number of hydrogen-bond acceptors (Lipinski definition) is 8. The van der Waals surface area contributed by atoms with Gasteiger partial charge in [-0.05, 0) is 13.8 Å². The van der Waals surface area contributed by atoms with E-state index >= 15 is 0 Å². The number of nitrogens with two attached hydrogens (primary N) is 1. The molecule has 8 nitrogen and oxygen atoms in total. The lowest BCUT2D eigenvalue weighted by molar-refractivity contribution is -0.267. The number of carbonyl (C=O) groups is 2. The maximum absolute atomic E-state index is 11.4. The summed E-state index contributed by atoms with van der Waals surface area (Å²) in [7, 11) is 0. The largest absolute Gasteiger partial charge is 0.394 e. The third-order valence-corrected chi connectivity index (χ3v) is 3.23. The molecule has 110 valence electrons. The van der Waals surface area contributed by atoms with Gasteiger partial charge in [-0.25, -0.2) is 0 Å². The van der Waals surface area contributed by atoms with Crippen LogP contribution >= 0.6 is 0 Å². The Kier molecular flexibility index (Phi) is 5.13. The summed E-state index contributed by atoms with van der Waals surface area (Å²) in [5.41, 5.74) is 3.85. The SMILES string of the molecule is CC(=O)C(C)(C=O)O[C@@H]1[C@@H](N)[C@@H](O)O[C@H](CO)[C@H]1O. The highest BCUT2D eigenvalue weighted by Crippen LogP contribution is 2.25. The zero-order valence-electron chi connectivity index (χ0n) is 10.7. The Morgan fingerprint density at radius 1 is 1.53 bits per heavy atom. The molecule has 0 amide bonds. The van der Waals surface area contributed by atoms with Crippen LogP contribution in [0.15, 0.2) is 0 Å².